The number of piperazine rings is 1. The zero-order chi connectivity index (χ0) is 15.9. The van der Waals surface area contributed by atoms with Crippen molar-refractivity contribution in [1.82, 2.24) is 14.9 Å². The Morgan fingerprint density at radius 1 is 1.00 bits per heavy atom. The van der Waals surface area contributed by atoms with Gasteiger partial charge in [-0.15, -0.1) is 0 Å². The average Bonchev–Trinajstić information content (AvgIpc) is 2.64. The van der Waals surface area contributed by atoms with Crippen LogP contribution in [0.5, 0.6) is 0 Å². The van der Waals surface area contributed by atoms with Crippen LogP contribution in [0, 0.1) is 4.91 Å². The summed E-state index contributed by atoms with van der Waals surface area (Å²) in [5.74, 6) is 0.795. The van der Waals surface area contributed by atoms with E-state index in [4.69, 9.17) is 0 Å². The second-order valence-electron chi connectivity index (χ2n) is 5.70. The smallest absolute Gasteiger partial charge is 0.225 e. The zero-order valence-electron chi connectivity index (χ0n) is 13.1. The summed E-state index contributed by atoms with van der Waals surface area (Å²) in [5, 5.41) is 3.30. The van der Waals surface area contributed by atoms with Crippen molar-refractivity contribution in [2.24, 2.45) is 5.18 Å². The Balaban J connectivity index is 1.48. The lowest BCUT2D eigenvalue weighted by Gasteiger charge is -2.34. The van der Waals surface area contributed by atoms with Gasteiger partial charge in [0, 0.05) is 45.1 Å². The van der Waals surface area contributed by atoms with Crippen molar-refractivity contribution >= 4 is 5.95 Å². The van der Waals surface area contributed by atoms with Crippen molar-refractivity contribution in [1.29, 1.82) is 0 Å². The van der Waals surface area contributed by atoms with Crippen LogP contribution in [0.25, 0.3) is 0 Å². The van der Waals surface area contributed by atoms with Crippen LogP contribution in [-0.4, -0.2) is 47.6 Å². The molecule has 0 bridgehead atoms. The molecule has 1 aromatic carbocycles. The van der Waals surface area contributed by atoms with Crippen molar-refractivity contribution in [3.8, 4) is 0 Å². The normalized spacial score (nSPS) is 17.0. The van der Waals surface area contributed by atoms with Crippen LogP contribution >= 0.6 is 0 Å². The zero-order valence-corrected chi connectivity index (χ0v) is 13.1. The number of benzene rings is 1. The Morgan fingerprint density at radius 2 is 1.70 bits per heavy atom. The Hall–Kier alpha value is -2.34. The lowest BCUT2D eigenvalue weighted by atomic mass is 10.0. The molecule has 23 heavy (non-hydrogen) atoms. The Bertz CT molecular complexity index is 599. The van der Waals surface area contributed by atoms with Gasteiger partial charge in [-0.2, -0.15) is 4.91 Å². The van der Waals surface area contributed by atoms with Gasteiger partial charge in [-0.3, -0.25) is 4.90 Å². The van der Waals surface area contributed by atoms with Gasteiger partial charge in [-0.25, -0.2) is 9.97 Å². The molecule has 1 unspecified atom stereocenters. The molecule has 1 atom stereocenters. The molecule has 0 aliphatic carbocycles. The summed E-state index contributed by atoms with van der Waals surface area (Å²) < 4.78 is 0. The fourth-order valence-corrected chi connectivity index (χ4v) is 2.89. The Morgan fingerprint density at radius 3 is 2.35 bits per heavy atom. The van der Waals surface area contributed by atoms with Crippen LogP contribution in [0.1, 0.15) is 18.0 Å². The van der Waals surface area contributed by atoms with E-state index < -0.39 is 0 Å². The van der Waals surface area contributed by atoms with E-state index >= 15 is 0 Å². The largest absolute Gasteiger partial charge is 0.338 e. The minimum atomic E-state index is -0.258. The van der Waals surface area contributed by atoms with E-state index in [0.717, 1.165) is 50.7 Å². The highest BCUT2D eigenvalue weighted by Gasteiger charge is 2.20. The van der Waals surface area contributed by atoms with E-state index in [1.54, 1.807) is 12.4 Å². The molecule has 0 saturated carbocycles. The fourth-order valence-electron chi connectivity index (χ4n) is 2.89. The van der Waals surface area contributed by atoms with Crippen LogP contribution in [0.2, 0.25) is 0 Å². The molecule has 1 aromatic heterocycles. The Labute approximate surface area is 136 Å². The first-order valence-corrected chi connectivity index (χ1v) is 7.98. The summed E-state index contributed by atoms with van der Waals surface area (Å²) in [7, 11) is 0. The predicted octanol–water partition coefficient (Wildman–Crippen LogP) is 2.50. The summed E-state index contributed by atoms with van der Waals surface area (Å²) >= 11 is 0. The minimum absolute atomic E-state index is 0.258. The maximum atomic E-state index is 11.1. The molecule has 0 radical (unpaired) electrons. The van der Waals surface area contributed by atoms with E-state index in [1.165, 1.54) is 0 Å². The molecule has 1 fully saturated rings. The third kappa shape index (κ3) is 4.10. The molecule has 1 aliphatic heterocycles. The van der Waals surface area contributed by atoms with Crippen molar-refractivity contribution in [3.63, 3.8) is 0 Å². The first-order chi connectivity index (χ1) is 11.4. The van der Waals surface area contributed by atoms with Crippen LogP contribution in [0.3, 0.4) is 0 Å². The summed E-state index contributed by atoms with van der Waals surface area (Å²) in [6, 6.07) is 11.4. The van der Waals surface area contributed by atoms with Gasteiger partial charge in [0.05, 0.1) is 0 Å². The number of rotatable bonds is 6. The van der Waals surface area contributed by atoms with Gasteiger partial charge < -0.3 is 4.90 Å². The molecule has 0 N–H and O–H groups in total. The molecule has 1 aliphatic rings. The lowest BCUT2D eigenvalue weighted by Crippen LogP contribution is -2.47. The maximum absolute atomic E-state index is 11.1. The molecule has 2 heterocycles. The number of hydrogen-bond donors (Lipinski definition) is 0. The first-order valence-electron chi connectivity index (χ1n) is 7.98. The standard InChI is InChI=1S/C17H21N5O/c23-20-16(15-5-2-1-3-6-15)7-10-21-11-13-22(14-12-21)17-18-8-4-9-19-17/h1-6,8-9,16H,7,10-14H2. The molecule has 120 valence electrons. The summed E-state index contributed by atoms with van der Waals surface area (Å²) in [4.78, 5) is 24.3. The van der Waals surface area contributed by atoms with Crippen LogP contribution < -0.4 is 4.90 Å². The second-order valence-corrected chi connectivity index (χ2v) is 5.70. The van der Waals surface area contributed by atoms with Crippen LogP contribution in [0.4, 0.5) is 5.95 Å². The topological polar surface area (TPSA) is 61.7 Å². The van der Waals surface area contributed by atoms with E-state index in [-0.39, 0.29) is 6.04 Å². The fraction of sp³-hybridized carbons (Fsp3) is 0.412. The van der Waals surface area contributed by atoms with Crippen LogP contribution in [0.15, 0.2) is 54.0 Å². The maximum Gasteiger partial charge on any atom is 0.225 e. The number of nitroso groups, excluding NO2 is 1. The number of anilines is 1. The molecule has 2 aromatic rings. The van der Waals surface area contributed by atoms with Gasteiger partial charge in [0.1, 0.15) is 6.04 Å². The quantitative estimate of drug-likeness (QED) is 0.767. The minimum Gasteiger partial charge on any atom is -0.338 e. The molecular formula is C17H21N5O. The third-order valence-electron chi connectivity index (χ3n) is 4.24. The Kier molecular flexibility index (Phi) is 5.26. The summed E-state index contributed by atoms with van der Waals surface area (Å²) in [5.41, 5.74) is 0.999. The highest BCUT2D eigenvalue weighted by molar-refractivity contribution is 5.29. The molecule has 1 saturated heterocycles. The van der Waals surface area contributed by atoms with E-state index in [9.17, 15) is 4.91 Å². The van der Waals surface area contributed by atoms with Crippen molar-refractivity contribution < 1.29 is 0 Å². The van der Waals surface area contributed by atoms with Gasteiger partial charge in [0.25, 0.3) is 0 Å². The monoisotopic (exact) mass is 311 g/mol. The highest BCUT2D eigenvalue weighted by atomic mass is 16.3. The van der Waals surface area contributed by atoms with Gasteiger partial charge in [0.2, 0.25) is 5.95 Å². The second kappa shape index (κ2) is 7.78. The van der Waals surface area contributed by atoms with E-state index in [0.29, 0.717) is 0 Å². The molecular weight excluding hydrogens is 290 g/mol. The predicted molar refractivity (Wildman–Crippen MR) is 90.3 cm³/mol. The summed E-state index contributed by atoms with van der Waals surface area (Å²) in [6.45, 7) is 4.62. The molecule has 0 spiro atoms. The average molecular weight is 311 g/mol. The highest BCUT2D eigenvalue weighted by Crippen LogP contribution is 2.21. The van der Waals surface area contributed by atoms with Crippen molar-refractivity contribution in [2.45, 2.75) is 12.5 Å². The first kappa shape index (κ1) is 15.6. The van der Waals surface area contributed by atoms with E-state index in [1.807, 2.05) is 36.4 Å². The number of nitrogens with zero attached hydrogens (tertiary/aromatic N) is 5. The number of hydrogen-bond acceptors (Lipinski definition) is 6. The van der Waals surface area contributed by atoms with Gasteiger partial charge >= 0.3 is 0 Å². The van der Waals surface area contributed by atoms with Crippen LogP contribution in [-0.2, 0) is 0 Å². The van der Waals surface area contributed by atoms with E-state index in [2.05, 4.69) is 24.9 Å². The van der Waals surface area contributed by atoms with Crippen molar-refractivity contribution in [3.05, 3.63) is 59.3 Å². The summed E-state index contributed by atoms with van der Waals surface area (Å²) in [6.07, 6.45) is 4.30. The van der Waals surface area contributed by atoms with Crippen molar-refractivity contribution in [2.75, 3.05) is 37.6 Å². The van der Waals surface area contributed by atoms with Gasteiger partial charge in [-0.1, -0.05) is 35.5 Å². The molecule has 6 heteroatoms. The third-order valence-corrected chi connectivity index (χ3v) is 4.24. The molecule has 0 amide bonds. The molecule has 6 nitrogen and oxygen atoms in total. The SMILES string of the molecule is O=NC(CCN1CCN(c2ncccn2)CC1)c1ccccc1. The lowest BCUT2D eigenvalue weighted by molar-refractivity contribution is 0.247. The molecule has 3 rings (SSSR count). The number of aromatic nitrogens is 2. The van der Waals surface area contributed by atoms with Gasteiger partial charge in [-0.05, 0) is 18.1 Å². The van der Waals surface area contributed by atoms with Gasteiger partial charge in [0.15, 0.2) is 0 Å².